The van der Waals surface area contributed by atoms with Crippen LogP contribution in [0.2, 0.25) is 0 Å². The van der Waals surface area contributed by atoms with Crippen molar-refractivity contribution in [2.24, 2.45) is 5.92 Å². The minimum atomic E-state index is 0.113. The third kappa shape index (κ3) is 15.1. The van der Waals surface area contributed by atoms with E-state index < -0.39 is 0 Å². The topological polar surface area (TPSA) is 70.6 Å². The quantitative estimate of drug-likeness (QED) is 0.389. The molecule has 2 rings (SSSR count). The molecule has 5 nitrogen and oxygen atoms in total. The van der Waals surface area contributed by atoms with Crippen molar-refractivity contribution in [1.82, 2.24) is 10.6 Å². The molecule has 1 aliphatic heterocycles. The van der Waals surface area contributed by atoms with Crippen molar-refractivity contribution in [3.63, 3.8) is 0 Å². The van der Waals surface area contributed by atoms with Crippen molar-refractivity contribution < 1.29 is 14.6 Å². The van der Waals surface area contributed by atoms with Crippen LogP contribution in [0.5, 0.6) is 5.75 Å². The molecule has 0 radical (unpaired) electrons. The molecule has 5 heteroatoms. The molecule has 1 atom stereocenters. The van der Waals surface area contributed by atoms with Crippen molar-refractivity contribution in [2.45, 2.75) is 61.3 Å². The van der Waals surface area contributed by atoms with Gasteiger partial charge in [-0.15, -0.1) is 0 Å². The fourth-order valence-electron chi connectivity index (χ4n) is 2.86. The first-order valence-electron chi connectivity index (χ1n) is 12.1. The van der Waals surface area contributed by atoms with Crippen LogP contribution < -0.4 is 10.6 Å². The van der Waals surface area contributed by atoms with Gasteiger partial charge in [0, 0.05) is 31.5 Å². The molecule has 0 saturated carbocycles. The van der Waals surface area contributed by atoms with Crippen LogP contribution in [-0.2, 0) is 9.53 Å². The van der Waals surface area contributed by atoms with Crippen molar-refractivity contribution >= 4 is 11.5 Å². The molecule has 0 spiro atoms. The number of hydrogen-bond donors (Lipinski definition) is 3. The summed E-state index contributed by atoms with van der Waals surface area (Å²) >= 11 is 0. The maximum Gasteiger partial charge on any atom is 0.225 e. The molecule has 1 unspecified atom stereocenters. The first-order valence-corrected chi connectivity index (χ1v) is 12.1. The van der Waals surface area contributed by atoms with E-state index in [-0.39, 0.29) is 17.6 Å². The number of para-hydroxylation sites is 1. The van der Waals surface area contributed by atoms with Gasteiger partial charge in [0.1, 0.15) is 5.75 Å². The number of phenols is 1. The molecule has 1 aliphatic rings. The number of aromatic hydroxyl groups is 1. The van der Waals surface area contributed by atoms with Gasteiger partial charge in [-0.1, -0.05) is 69.4 Å². The molecule has 0 aliphatic carbocycles. The monoisotopic (exact) mass is 472 g/mol. The van der Waals surface area contributed by atoms with Crippen LogP contribution in [0, 0.1) is 5.92 Å². The van der Waals surface area contributed by atoms with Gasteiger partial charge in [-0.2, -0.15) is 0 Å². The molecule has 34 heavy (non-hydrogen) atoms. The van der Waals surface area contributed by atoms with E-state index in [1.54, 1.807) is 12.1 Å². The van der Waals surface area contributed by atoms with Gasteiger partial charge in [0.05, 0.1) is 12.5 Å². The van der Waals surface area contributed by atoms with Crippen LogP contribution in [0.25, 0.3) is 5.57 Å². The molecule has 0 aromatic heterocycles. The number of phenolic OH excluding ortho intramolecular Hbond substituents is 1. The van der Waals surface area contributed by atoms with Crippen molar-refractivity contribution in [1.29, 1.82) is 0 Å². The largest absolute Gasteiger partial charge is 0.507 e. The maximum atomic E-state index is 11.2. The van der Waals surface area contributed by atoms with E-state index in [0.717, 1.165) is 42.8 Å². The number of allylic oxidation sites excluding steroid dienone is 5. The molecule has 1 fully saturated rings. The van der Waals surface area contributed by atoms with Crippen LogP contribution in [0.15, 0.2) is 66.4 Å². The summed E-state index contributed by atoms with van der Waals surface area (Å²) in [5.74, 6) is 0.552. The first-order chi connectivity index (χ1) is 16.2. The summed E-state index contributed by atoms with van der Waals surface area (Å²) in [5, 5.41) is 15.4. The predicted octanol–water partition coefficient (Wildman–Crippen LogP) is 6.63. The number of ether oxygens (including phenoxy) is 1. The number of benzene rings is 1. The maximum absolute atomic E-state index is 11.2. The number of amides is 1. The lowest BCUT2D eigenvalue weighted by atomic mass is 10.0. The Hall–Kier alpha value is -2.79. The zero-order valence-corrected chi connectivity index (χ0v) is 22.8. The Labute approximate surface area is 208 Å². The van der Waals surface area contributed by atoms with Gasteiger partial charge < -0.3 is 20.5 Å². The fourth-order valence-corrected chi connectivity index (χ4v) is 2.86. The molecular weight excluding hydrogens is 424 g/mol. The third-order valence-electron chi connectivity index (χ3n) is 4.57. The summed E-state index contributed by atoms with van der Waals surface area (Å²) in [7, 11) is 1.89. The highest BCUT2D eigenvalue weighted by molar-refractivity contribution is 5.79. The Morgan fingerprint density at radius 2 is 1.82 bits per heavy atom. The van der Waals surface area contributed by atoms with E-state index >= 15 is 0 Å². The minimum Gasteiger partial charge on any atom is -0.507 e. The normalized spacial score (nSPS) is 13.2. The summed E-state index contributed by atoms with van der Waals surface area (Å²) in [4.78, 5) is 11.2. The summed E-state index contributed by atoms with van der Waals surface area (Å²) in [5.41, 5.74) is 5.20. The summed E-state index contributed by atoms with van der Waals surface area (Å²) in [6.07, 6.45) is 5.65. The molecule has 1 heterocycles. The first kappa shape index (κ1) is 33.4. The van der Waals surface area contributed by atoms with Gasteiger partial charge in [-0.05, 0) is 58.3 Å². The third-order valence-corrected chi connectivity index (χ3v) is 4.57. The molecule has 3 N–H and O–H groups in total. The summed E-state index contributed by atoms with van der Waals surface area (Å²) in [6.45, 7) is 23.8. The zero-order valence-electron chi connectivity index (χ0n) is 22.8. The lowest BCUT2D eigenvalue weighted by Crippen LogP contribution is -2.31. The Kier molecular flexibility index (Phi) is 20.4. The standard InChI is InChI=1S/C12H14O.C8H15NO2.C7H13N.C2H6/c1-9(2)8-10(3)11-6-4-5-7-12(11)13;1-2-4-9-8(10)7-3-5-11-6-7;1-5-7(8-4)6(2)3;1-2/h4-8,13H,3H2,1-2H3;7H,2-6H2,1H3,(H,9,10);5,8H,1H2,2-4H3;1-2H3. The van der Waals surface area contributed by atoms with E-state index in [9.17, 15) is 9.90 Å². The van der Waals surface area contributed by atoms with Crippen LogP contribution in [-0.4, -0.2) is 37.8 Å². The van der Waals surface area contributed by atoms with Gasteiger partial charge in [-0.25, -0.2) is 0 Å². The second-order valence-corrected chi connectivity index (χ2v) is 7.98. The average molecular weight is 473 g/mol. The van der Waals surface area contributed by atoms with Crippen LogP contribution in [0.4, 0.5) is 0 Å². The number of carbonyl (C=O) groups is 1. The second-order valence-electron chi connectivity index (χ2n) is 7.98. The van der Waals surface area contributed by atoms with Crippen molar-refractivity contribution in [3.05, 3.63) is 72.0 Å². The molecule has 192 valence electrons. The highest BCUT2D eigenvalue weighted by Gasteiger charge is 2.22. The van der Waals surface area contributed by atoms with E-state index in [1.165, 1.54) is 11.1 Å². The number of likely N-dealkylation sites (N-methyl/N-ethyl adjacent to an activating group) is 1. The summed E-state index contributed by atoms with van der Waals surface area (Å²) in [6, 6.07) is 7.21. The molecule has 1 aromatic rings. The van der Waals surface area contributed by atoms with E-state index in [2.05, 4.69) is 23.8 Å². The number of rotatable bonds is 7. The molecule has 0 bridgehead atoms. The smallest absolute Gasteiger partial charge is 0.225 e. The average Bonchev–Trinajstić information content (AvgIpc) is 3.35. The number of carbonyl (C=O) groups excluding carboxylic acids is 1. The molecular formula is C29H48N2O3. The fraction of sp³-hybridized carbons (Fsp3) is 0.483. The van der Waals surface area contributed by atoms with Gasteiger partial charge >= 0.3 is 0 Å². The lowest BCUT2D eigenvalue weighted by molar-refractivity contribution is -0.124. The Balaban J connectivity index is 0. The van der Waals surface area contributed by atoms with Crippen LogP contribution in [0.3, 0.4) is 0 Å². The number of hydrogen-bond acceptors (Lipinski definition) is 4. The van der Waals surface area contributed by atoms with E-state index in [1.807, 2.05) is 79.8 Å². The van der Waals surface area contributed by atoms with Crippen LogP contribution >= 0.6 is 0 Å². The van der Waals surface area contributed by atoms with Crippen molar-refractivity contribution in [2.75, 3.05) is 26.8 Å². The highest BCUT2D eigenvalue weighted by atomic mass is 16.5. The Morgan fingerprint density at radius 1 is 1.21 bits per heavy atom. The highest BCUT2D eigenvalue weighted by Crippen LogP contribution is 2.24. The molecule has 1 saturated heterocycles. The lowest BCUT2D eigenvalue weighted by Gasteiger charge is -2.07. The van der Waals surface area contributed by atoms with Gasteiger partial charge in [0.25, 0.3) is 0 Å². The van der Waals surface area contributed by atoms with Crippen LogP contribution in [0.1, 0.15) is 66.9 Å². The van der Waals surface area contributed by atoms with E-state index in [0.29, 0.717) is 6.61 Å². The van der Waals surface area contributed by atoms with Gasteiger partial charge in [-0.3, -0.25) is 4.79 Å². The Morgan fingerprint density at radius 3 is 2.21 bits per heavy atom. The Bertz CT molecular complexity index is 780. The zero-order chi connectivity index (χ0) is 26.5. The van der Waals surface area contributed by atoms with Gasteiger partial charge in [0.15, 0.2) is 0 Å². The molecule has 1 amide bonds. The van der Waals surface area contributed by atoms with Crippen molar-refractivity contribution in [3.8, 4) is 5.75 Å². The second kappa shape index (κ2) is 20.8. The number of nitrogens with one attached hydrogen (secondary N) is 2. The predicted molar refractivity (Wildman–Crippen MR) is 148 cm³/mol. The summed E-state index contributed by atoms with van der Waals surface area (Å²) < 4.78 is 5.10. The molecule has 1 aromatic carbocycles. The van der Waals surface area contributed by atoms with E-state index in [4.69, 9.17) is 4.74 Å². The van der Waals surface area contributed by atoms with Gasteiger partial charge in [0.2, 0.25) is 5.91 Å². The SMILES string of the molecule is C=C(C=C(C)C)c1ccccc1O.C=CC(NC)=C(C)C.CC.CCCNC(=O)C1CCOC1. The minimum absolute atomic E-state index is 0.113.